The molecule has 0 radical (unpaired) electrons. The smallest absolute Gasteiger partial charge is 0.178 e. The Morgan fingerprint density at radius 3 is 2.71 bits per heavy atom. The number of aliphatic hydroxyl groups is 1. The van der Waals surface area contributed by atoms with Crippen molar-refractivity contribution in [3.8, 4) is 0 Å². The molecule has 3 nitrogen and oxygen atoms in total. The van der Waals surface area contributed by atoms with Crippen LogP contribution in [-0.4, -0.2) is 17.5 Å². The molecule has 0 aromatic heterocycles. The van der Waals surface area contributed by atoms with Gasteiger partial charge in [0.1, 0.15) is 5.76 Å². The highest BCUT2D eigenvalue weighted by molar-refractivity contribution is 5.63. The van der Waals surface area contributed by atoms with E-state index in [4.69, 9.17) is 4.74 Å². The fraction of sp³-hybridized carbons (Fsp3) is 0.214. The molecular weight excluding hydrogens is 216 g/mol. The van der Waals surface area contributed by atoms with E-state index in [9.17, 15) is 9.90 Å². The summed E-state index contributed by atoms with van der Waals surface area (Å²) in [5, 5.41) is 9.70. The van der Waals surface area contributed by atoms with Crippen molar-refractivity contribution in [1.29, 1.82) is 0 Å². The van der Waals surface area contributed by atoms with Gasteiger partial charge in [0.05, 0.1) is 6.26 Å². The van der Waals surface area contributed by atoms with E-state index in [1.807, 2.05) is 30.3 Å². The number of aryl methyl sites for hydroxylation is 1. The minimum absolute atomic E-state index is 0.143. The lowest BCUT2D eigenvalue weighted by atomic mass is 9.99. The van der Waals surface area contributed by atoms with Crippen LogP contribution in [0.5, 0.6) is 0 Å². The summed E-state index contributed by atoms with van der Waals surface area (Å²) in [6.45, 7) is 0. The molecule has 1 N–H and O–H groups in total. The second kappa shape index (κ2) is 5.34. The van der Waals surface area contributed by atoms with Crippen LogP contribution in [0.2, 0.25) is 0 Å². The average Bonchev–Trinajstić information content (AvgIpc) is 2.38. The highest BCUT2D eigenvalue weighted by Gasteiger charge is 2.20. The summed E-state index contributed by atoms with van der Waals surface area (Å²) in [5.74, 6) is 0.143. The third-order valence-corrected chi connectivity index (χ3v) is 2.77. The van der Waals surface area contributed by atoms with Gasteiger partial charge in [-0.15, -0.1) is 0 Å². The Bertz CT molecular complexity index is 446. The van der Waals surface area contributed by atoms with Gasteiger partial charge in [0, 0.05) is 11.6 Å². The minimum atomic E-state index is -0.649. The van der Waals surface area contributed by atoms with Crippen LogP contribution in [0.25, 0.3) is 0 Å². The fourth-order valence-corrected chi connectivity index (χ4v) is 1.83. The highest BCUT2D eigenvalue weighted by atomic mass is 16.5. The standard InChI is InChI=1S/C14H14O3/c15-10-14-12(13(16)8-9-17-14)7-6-11-4-2-1-3-5-11/h1-5,8-10,14,16H,6-7H2. The van der Waals surface area contributed by atoms with Crippen LogP contribution in [0.3, 0.4) is 0 Å². The Morgan fingerprint density at radius 2 is 2.00 bits per heavy atom. The molecule has 1 aliphatic rings. The summed E-state index contributed by atoms with van der Waals surface area (Å²) >= 11 is 0. The summed E-state index contributed by atoms with van der Waals surface area (Å²) in [6, 6.07) is 9.94. The Balaban J connectivity index is 2.07. The Morgan fingerprint density at radius 1 is 1.24 bits per heavy atom. The van der Waals surface area contributed by atoms with Gasteiger partial charge in [-0.05, 0) is 18.4 Å². The summed E-state index contributed by atoms with van der Waals surface area (Å²) in [4.78, 5) is 10.8. The number of aliphatic hydroxyl groups excluding tert-OH is 1. The van der Waals surface area contributed by atoms with E-state index < -0.39 is 6.10 Å². The molecule has 88 valence electrons. The van der Waals surface area contributed by atoms with Crippen LogP contribution < -0.4 is 0 Å². The number of benzene rings is 1. The fourth-order valence-electron chi connectivity index (χ4n) is 1.83. The van der Waals surface area contributed by atoms with Gasteiger partial charge in [0.15, 0.2) is 12.4 Å². The normalized spacial score (nSPS) is 18.9. The first-order valence-electron chi connectivity index (χ1n) is 5.54. The SMILES string of the molecule is O=CC1OC=CC(O)=C1CCc1ccccc1. The lowest BCUT2D eigenvalue weighted by molar-refractivity contribution is -0.114. The summed E-state index contributed by atoms with van der Waals surface area (Å²) < 4.78 is 5.13. The zero-order valence-electron chi connectivity index (χ0n) is 9.37. The number of hydrogen-bond acceptors (Lipinski definition) is 3. The van der Waals surface area contributed by atoms with Crippen molar-refractivity contribution in [2.75, 3.05) is 0 Å². The van der Waals surface area contributed by atoms with E-state index in [0.29, 0.717) is 18.3 Å². The molecule has 2 rings (SSSR count). The maximum absolute atomic E-state index is 10.8. The number of aldehydes is 1. The number of carbonyl (C=O) groups is 1. The van der Waals surface area contributed by atoms with Crippen molar-refractivity contribution in [3.05, 3.63) is 59.6 Å². The summed E-state index contributed by atoms with van der Waals surface area (Å²) in [6.07, 6.45) is 4.27. The van der Waals surface area contributed by atoms with Crippen LogP contribution >= 0.6 is 0 Å². The van der Waals surface area contributed by atoms with E-state index in [-0.39, 0.29) is 5.76 Å². The predicted octanol–water partition coefficient (Wildman–Crippen LogP) is 2.54. The molecule has 1 heterocycles. The third kappa shape index (κ3) is 2.75. The number of allylic oxidation sites excluding steroid dienone is 1. The van der Waals surface area contributed by atoms with Gasteiger partial charge < -0.3 is 9.84 Å². The number of carbonyl (C=O) groups excluding carboxylic acids is 1. The molecule has 1 aliphatic heterocycles. The molecule has 1 aromatic carbocycles. The lowest BCUT2D eigenvalue weighted by Crippen LogP contribution is -2.19. The quantitative estimate of drug-likeness (QED) is 0.808. The minimum Gasteiger partial charge on any atom is -0.508 e. The second-order valence-electron chi connectivity index (χ2n) is 3.89. The van der Waals surface area contributed by atoms with E-state index in [1.165, 1.54) is 17.9 Å². The van der Waals surface area contributed by atoms with Gasteiger partial charge in [-0.25, -0.2) is 0 Å². The van der Waals surface area contributed by atoms with Crippen molar-refractivity contribution >= 4 is 6.29 Å². The van der Waals surface area contributed by atoms with Crippen molar-refractivity contribution < 1.29 is 14.6 Å². The van der Waals surface area contributed by atoms with Crippen molar-refractivity contribution in [2.45, 2.75) is 18.9 Å². The van der Waals surface area contributed by atoms with E-state index in [2.05, 4.69) is 0 Å². The molecule has 1 unspecified atom stereocenters. The topological polar surface area (TPSA) is 46.5 Å². The van der Waals surface area contributed by atoms with Crippen molar-refractivity contribution in [2.24, 2.45) is 0 Å². The first kappa shape index (κ1) is 11.5. The Kier molecular flexibility index (Phi) is 3.60. The first-order valence-corrected chi connectivity index (χ1v) is 5.54. The van der Waals surface area contributed by atoms with Gasteiger partial charge in [-0.1, -0.05) is 30.3 Å². The first-order chi connectivity index (χ1) is 8.31. The maximum atomic E-state index is 10.8. The molecule has 0 saturated carbocycles. The lowest BCUT2D eigenvalue weighted by Gasteiger charge is -2.19. The zero-order chi connectivity index (χ0) is 12.1. The Hall–Kier alpha value is -2.03. The number of ether oxygens (including phenoxy) is 1. The van der Waals surface area contributed by atoms with Crippen LogP contribution in [0.4, 0.5) is 0 Å². The molecular formula is C14H14O3. The summed E-state index contributed by atoms with van der Waals surface area (Å²) in [5.41, 5.74) is 1.82. The van der Waals surface area contributed by atoms with E-state index in [0.717, 1.165) is 6.42 Å². The van der Waals surface area contributed by atoms with Crippen LogP contribution in [-0.2, 0) is 16.0 Å². The van der Waals surface area contributed by atoms with Gasteiger partial charge in [-0.3, -0.25) is 4.79 Å². The zero-order valence-corrected chi connectivity index (χ0v) is 9.37. The highest BCUT2D eigenvalue weighted by Crippen LogP contribution is 2.21. The molecule has 17 heavy (non-hydrogen) atoms. The largest absolute Gasteiger partial charge is 0.508 e. The Labute approximate surface area is 100 Å². The molecule has 1 aromatic rings. The third-order valence-electron chi connectivity index (χ3n) is 2.77. The van der Waals surface area contributed by atoms with Gasteiger partial charge in [0.25, 0.3) is 0 Å². The predicted molar refractivity (Wildman–Crippen MR) is 64.5 cm³/mol. The summed E-state index contributed by atoms with van der Waals surface area (Å²) in [7, 11) is 0. The van der Waals surface area contributed by atoms with E-state index in [1.54, 1.807) is 0 Å². The molecule has 0 bridgehead atoms. The molecule has 0 spiro atoms. The monoisotopic (exact) mass is 230 g/mol. The van der Waals surface area contributed by atoms with Crippen molar-refractivity contribution in [1.82, 2.24) is 0 Å². The van der Waals surface area contributed by atoms with Crippen LogP contribution in [0.15, 0.2) is 54.0 Å². The molecule has 1 atom stereocenters. The molecule has 0 aliphatic carbocycles. The molecule has 0 saturated heterocycles. The number of rotatable bonds is 4. The molecule has 0 amide bonds. The van der Waals surface area contributed by atoms with E-state index >= 15 is 0 Å². The van der Waals surface area contributed by atoms with Gasteiger partial charge in [-0.2, -0.15) is 0 Å². The molecule has 3 heteroatoms. The average molecular weight is 230 g/mol. The number of hydrogen-bond donors (Lipinski definition) is 1. The van der Waals surface area contributed by atoms with Crippen molar-refractivity contribution in [3.63, 3.8) is 0 Å². The van der Waals surface area contributed by atoms with Crippen LogP contribution in [0, 0.1) is 0 Å². The second-order valence-corrected chi connectivity index (χ2v) is 3.89. The van der Waals surface area contributed by atoms with Crippen LogP contribution in [0.1, 0.15) is 12.0 Å². The maximum Gasteiger partial charge on any atom is 0.178 e. The van der Waals surface area contributed by atoms with Gasteiger partial charge in [0.2, 0.25) is 0 Å². The van der Waals surface area contributed by atoms with Gasteiger partial charge >= 0.3 is 0 Å². The molecule has 0 fully saturated rings.